The zero-order valence-corrected chi connectivity index (χ0v) is 13.1. The fourth-order valence-corrected chi connectivity index (χ4v) is 3.24. The van der Waals surface area contributed by atoms with Crippen molar-refractivity contribution in [1.29, 1.82) is 0 Å². The number of ether oxygens (including phenoxy) is 1. The summed E-state index contributed by atoms with van der Waals surface area (Å²) in [5.41, 5.74) is 0. The Bertz CT molecular complexity index is 382. The lowest BCUT2D eigenvalue weighted by atomic mass is 9.93. The standard InChI is InChI=1S/C11H23BFO6P/c1-4-11(3,15)20(16,17)19-6(2)5-7-9(14)8(13)10(12)18-7/h6-10,14-15H,4-5,12H2,1-3H3,(H,16,17)/t6?,7-,8-,9-,10-,11?/m1/s1. The molecule has 1 heterocycles. The average Bonchev–Trinajstić information content (AvgIpc) is 2.56. The van der Waals surface area contributed by atoms with Gasteiger partial charge in [-0.3, -0.25) is 4.57 Å². The van der Waals surface area contributed by atoms with Gasteiger partial charge in [0.2, 0.25) is 0 Å². The molecule has 0 aliphatic carbocycles. The maximum absolute atomic E-state index is 13.4. The third-order valence-electron chi connectivity index (χ3n) is 3.71. The van der Waals surface area contributed by atoms with Crippen molar-refractivity contribution >= 4 is 15.4 Å². The van der Waals surface area contributed by atoms with Gasteiger partial charge in [0.15, 0.2) is 5.34 Å². The molecule has 7 atom stereocenters. The lowest BCUT2D eigenvalue weighted by molar-refractivity contribution is -0.00276. The predicted molar refractivity (Wildman–Crippen MR) is 74.0 cm³/mol. The molecule has 0 radical (unpaired) electrons. The second kappa shape index (κ2) is 6.42. The van der Waals surface area contributed by atoms with Gasteiger partial charge >= 0.3 is 7.60 Å². The van der Waals surface area contributed by atoms with E-state index < -0.39 is 43.4 Å². The van der Waals surface area contributed by atoms with Gasteiger partial charge in [0.25, 0.3) is 0 Å². The van der Waals surface area contributed by atoms with Gasteiger partial charge in [-0.15, -0.1) is 0 Å². The van der Waals surface area contributed by atoms with Crippen LogP contribution in [-0.4, -0.2) is 58.8 Å². The molecule has 0 amide bonds. The molecule has 1 aliphatic rings. The molecule has 0 saturated carbocycles. The van der Waals surface area contributed by atoms with Crippen molar-refractivity contribution in [3.63, 3.8) is 0 Å². The van der Waals surface area contributed by atoms with E-state index in [1.807, 2.05) is 0 Å². The van der Waals surface area contributed by atoms with Crippen LogP contribution in [0.4, 0.5) is 4.39 Å². The van der Waals surface area contributed by atoms with Crippen molar-refractivity contribution in [2.75, 3.05) is 0 Å². The predicted octanol–water partition coefficient (Wildman–Crippen LogP) is 0.142. The van der Waals surface area contributed by atoms with Crippen LogP contribution in [-0.2, 0) is 13.8 Å². The molecule has 0 aromatic heterocycles. The zero-order valence-electron chi connectivity index (χ0n) is 12.2. The Hall–Kier alpha value is 0.0249. The lowest BCUT2D eigenvalue weighted by Crippen LogP contribution is -2.32. The molecular weight excluding hydrogens is 289 g/mol. The van der Waals surface area contributed by atoms with Gasteiger partial charge in [0, 0.05) is 6.42 Å². The van der Waals surface area contributed by atoms with Gasteiger partial charge in [0.1, 0.15) is 20.1 Å². The van der Waals surface area contributed by atoms with Crippen LogP contribution >= 0.6 is 7.60 Å². The molecule has 20 heavy (non-hydrogen) atoms. The number of hydrogen-bond acceptors (Lipinski definition) is 5. The molecule has 0 aromatic rings. The lowest BCUT2D eigenvalue weighted by Gasteiger charge is -2.30. The number of rotatable bonds is 6. The van der Waals surface area contributed by atoms with Gasteiger partial charge in [-0.05, 0) is 20.3 Å². The fraction of sp³-hybridized carbons (Fsp3) is 1.00. The minimum absolute atomic E-state index is 0.0552. The number of aliphatic hydroxyl groups is 2. The topological polar surface area (TPSA) is 96.2 Å². The zero-order chi connectivity index (χ0) is 15.7. The van der Waals surface area contributed by atoms with Crippen molar-refractivity contribution in [3.05, 3.63) is 0 Å². The Morgan fingerprint density at radius 1 is 1.60 bits per heavy atom. The smallest absolute Gasteiger partial charge is 0.359 e. The molecule has 0 spiro atoms. The molecule has 3 unspecified atom stereocenters. The molecular formula is C11H23BFO6P. The molecule has 0 bridgehead atoms. The fourth-order valence-electron chi connectivity index (χ4n) is 2.04. The SMILES string of the molecule is B[C@@H]1O[C@H](CC(C)OP(=O)(O)C(C)(O)CC)[C@@H](O)[C@H]1F. The van der Waals surface area contributed by atoms with Crippen LogP contribution in [0.3, 0.4) is 0 Å². The number of aliphatic hydroxyl groups excluding tert-OH is 1. The van der Waals surface area contributed by atoms with Crippen molar-refractivity contribution in [2.24, 2.45) is 0 Å². The van der Waals surface area contributed by atoms with Gasteiger partial charge in [-0.25, -0.2) is 4.39 Å². The Labute approximate surface area is 119 Å². The molecule has 1 saturated heterocycles. The third kappa shape index (κ3) is 3.81. The van der Waals surface area contributed by atoms with Gasteiger partial charge < -0.3 is 24.4 Å². The number of alkyl halides is 1. The van der Waals surface area contributed by atoms with E-state index in [1.54, 1.807) is 6.92 Å². The first-order valence-corrected chi connectivity index (χ1v) is 8.31. The van der Waals surface area contributed by atoms with Crippen molar-refractivity contribution in [2.45, 2.75) is 69.4 Å². The second-order valence-corrected chi connectivity index (χ2v) is 7.77. The van der Waals surface area contributed by atoms with E-state index in [0.717, 1.165) is 0 Å². The number of halogens is 1. The normalized spacial score (nSPS) is 38.1. The van der Waals surface area contributed by atoms with Crippen molar-refractivity contribution in [3.8, 4) is 0 Å². The molecule has 9 heteroatoms. The summed E-state index contributed by atoms with van der Waals surface area (Å²) in [5.74, 6) is 0. The molecule has 0 aromatic carbocycles. The summed E-state index contributed by atoms with van der Waals surface area (Å²) in [6, 6.07) is -0.720. The molecule has 1 fully saturated rings. The first-order chi connectivity index (χ1) is 9.01. The highest BCUT2D eigenvalue weighted by Gasteiger charge is 2.45. The van der Waals surface area contributed by atoms with Crippen molar-refractivity contribution in [1.82, 2.24) is 0 Å². The second-order valence-electron chi connectivity index (χ2n) is 5.56. The van der Waals surface area contributed by atoms with Crippen LogP contribution in [0.1, 0.15) is 33.6 Å². The maximum atomic E-state index is 13.4. The highest BCUT2D eigenvalue weighted by Crippen LogP contribution is 2.56. The first kappa shape index (κ1) is 18.1. The Morgan fingerprint density at radius 2 is 2.15 bits per heavy atom. The Kier molecular flexibility index (Phi) is 5.80. The summed E-state index contributed by atoms with van der Waals surface area (Å²) in [4.78, 5) is 9.76. The Morgan fingerprint density at radius 3 is 2.55 bits per heavy atom. The molecule has 6 nitrogen and oxygen atoms in total. The van der Waals surface area contributed by atoms with E-state index in [1.165, 1.54) is 21.7 Å². The highest BCUT2D eigenvalue weighted by atomic mass is 31.2. The number of hydrogen-bond donors (Lipinski definition) is 3. The van der Waals surface area contributed by atoms with Crippen LogP contribution in [0.25, 0.3) is 0 Å². The van der Waals surface area contributed by atoms with E-state index in [0.29, 0.717) is 0 Å². The third-order valence-corrected chi connectivity index (χ3v) is 5.89. The van der Waals surface area contributed by atoms with Crippen LogP contribution in [0.5, 0.6) is 0 Å². The molecule has 3 N–H and O–H groups in total. The van der Waals surface area contributed by atoms with E-state index in [2.05, 4.69) is 0 Å². The summed E-state index contributed by atoms with van der Waals surface area (Å²) >= 11 is 0. The van der Waals surface area contributed by atoms with E-state index in [4.69, 9.17) is 9.26 Å². The minimum atomic E-state index is -4.23. The van der Waals surface area contributed by atoms with E-state index in [9.17, 15) is 24.1 Å². The molecule has 1 aliphatic heterocycles. The summed E-state index contributed by atoms with van der Waals surface area (Å²) in [6.45, 7) is 4.30. The van der Waals surface area contributed by atoms with E-state index >= 15 is 0 Å². The van der Waals surface area contributed by atoms with Crippen molar-refractivity contribution < 1.29 is 33.3 Å². The highest BCUT2D eigenvalue weighted by molar-refractivity contribution is 7.54. The van der Waals surface area contributed by atoms with E-state index in [-0.39, 0.29) is 12.8 Å². The van der Waals surface area contributed by atoms with Gasteiger partial charge in [0.05, 0.1) is 18.2 Å². The summed E-state index contributed by atoms with van der Waals surface area (Å²) in [5, 5.41) is 17.6. The van der Waals surface area contributed by atoms with Gasteiger partial charge in [-0.1, -0.05) is 6.92 Å². The maximum Gasteiger partial charge on any atom is 0.359 e. The van der Waals surface area contributed by atoms with Crippen LogP contribution < -0.4 is 0 Å². The Balaban J connectivity index is 2.61. The summed E-state index contributed by atoms with van der Waals surface area (Å²) < 4.78 is 35.7. The first-order valence-electron chi connectivity index (χ1n) is 6.73. The average molecular weight is 312 g/mol. The van der Waals surface area contributed by atoms with Crippen LogP contribution in [0.2, 0.25) is 0 Å². The van der Waals surface area contributed by atoms with Crippen LogP contribution in [0, 0.1) is 0 Å². The minimum Gasteiger partial charge on any atom is -0.387 e. The molecule has 118 valence electrons. The quantitative estimate of drug-likeness (QED) is 0.477. The monoisotopic (exact) mass is 312 g/mol. The van der Waals surface area contributed by atoms with Crippen LogP contribution in [0.15, 0.2) is 0 Å². The summed E-state index contributed by atoms with van der Waals surface area (Å²) in [7, 11) is -2.72. The van der Waals surface area contributed by atoms with Gasteiger partial charge in [-0.2, -0.15) is 0 Å². The molecule has 1 rings (SSSR count). The largest absolute Gasteiger partial charge is 0.387 e. The summed E-state index contributed by atoms with van der Waals surface area (Å²) in [6.07, 6.45) is -4.19.